The number of hydrogen-bond acceptors (Lipinski definition) is 3. The van der Waals surface area contributed by atoms with Crippen molar-refractivity contribution in [2.45, 2.75) is 19.8 Å². The molecule has 0 saturated heterocycles. The molecule has 0 radical (unpaired) electrons. The summed E-state index contributed by atoms with van der Waals surface area (Å²) < 4.78 is 0. The molecule has 0 aliphatic heterocycles. The topological polar surface area (TPSA) is 80.4 Å². The average molecular weight is 334 g/mol. The maximum absolute atomic E-state index is 11.8. The van der Waals surface area contributed by atoms with E-state index in [9.17, 15) is 4.79 Å². The zero-order chi connectivity index (χ0) is 17.8. The van der Waals surface area contributed by atoms with Gasteiger partial charge in [0.15, 0.2) is 0 Å². The molecule has 1 fully saturated rings. The van der Waals surface area contributed by atoms with E-state index in [1.54, 1.807) is 12.3 Å². The second-order valence-electron chi connectivity index (χ2n) is 6.17. The first-order valence-electron chi connectivity index (χ1n) is 8.38. The van der Waals surface area contributed by atoms with Gasteiger partial charge in [-0.2, -0.15) is 4.99 Å². The number of nitrogens with zero attached hydrogens (tertiary/aromatic N) is 2. The second-order valence-corrected chi connectivity index (χ2v) is 6.17. The summed E-state index contributed by atoms with van der Waals surface area (Å²) in [4.78, 5) is 20.1. The Bertz CT molecular complexity index is 850. The molecule has 0 bridgehead atoms. The predicted molar refractivity (Wildman–Crippen MR) is 101 cm³/mol. The Kier molecular flexibility index (Phi) is 4.93. The van der Waals surface area contributed by atoms with Crippen LogP contribution in [0.4, 0.5) is 0 Å². The lowest BCUT2D eigenvalue weighted by atomic mass is 10.0. The summed E-state index contributed by atoms with van der Waals surface area (Å²) in [5, 5.41) is 3.13. The number of aromatic nitrogens is 1. The molecule has 1 aliphatic rings. The van der Waals surface area contributed by atoms with Gasteiger partial charge < -0.3 is 11.1 Å². The molecule has 1 heterocycles. The molecule has 0 spiro atoms. The van der Waals surface area contributed by atoms with Gasteiger partial charge in [0.25, 0.3) is 5.91 Å². The maximum atomic E-state index is 11.8. The monoisotopic (exact) mass is 334 g/mol. The first-order chi connectivity index (χ1) is 12.1. The second kappa shape index (κ2) is 7.30. The lowest BCUT2D eigenvalue weighted by Crippen LogP contribution is -2.16. The van der Waals surface area contributed by atoms with Gasteiger partial charge in [-0.05, 0) is 43.0 Å². The van der Waals surface area contributed by atoms with Gasteiger partial charge in [0, 0.05) is 42.2 Å². The molecule has 5 heteroatoms. The van der Waals surface area contributed by atoms with E-state index in [1.165, 1.54) is 0 Å². The highest BCUT2D eigenvalue weighted by molar-refractivity contribution is 6.04. The minimum atomic E-state index is -0.121. The minimum Gasteiger partial charge on any atom is -0.388 e. The molecular formula is C20H22N4O. The Balaban J connectivity index is 1.91. The van der Waals surface area contributed by atoms with Crippen LogP contribution < -0.4 is 11.1 Å². The SMILES string of the molecule is CN/C(=C\C(N)=NC(=O)C1CC1)c1cccc(-c2cccnc2C)c1. The molecule has 1 saturated carbocycles. The van der Waals surface area contributed by atoms with Crippen molar-refractivity contribution in [2.24, 2.45) is 16.6 Å². The Morgan fingerprint density at radius 1 is 1.32 bits per heavy atom. The quantitative estimate of drug-likeness (QED) is 0.651. The van der Waals surface area contributed by atoms with Crippen molar-refractivity contribution in [3.63, 3.8) is 0 Å². The zero-order valence-electron chi connectivity index (χ0n) is 14.5. The largest absolute Gasteiger partial charge is 0.388 e. The van der Waals surface area contributed by atoms with E-state index >= 15 is 0 Å². The van der Waals surface area contributed by atoms with Crippen molar-refractivity contribution in [2.75, 3.05) is 7.05 Å². The number of benzene rings is 1. The van der Waals surface area contributed by atoms with Crippen molar-refractivity contribution in [1.29, 1.82) is 0 Å². The summed E-state index contributed by atoms with van der Waals surface area (Å²) in [6.07, 6.45) is 5.33. The number of nitrogens with two attached hydrogens (primary N) is 1. The number of pyridine rings is 1. The fourth-order valence-electron chi connectivity index (χ4n) is 2.67. The maximum Gasteiger partial charge on any atom is 0.250 e. The molecular weight excluding hydrogens is 312 g/mol. The highest BCUT2D eigenvalue weighted by Gasteiger charge is 2.29. The number of hydrogen-bond donors (Lipinski definition) is 2. The summed E-state index contributed by atoms with van der Waals surface area (Å²) >= 11 is 0. The Hall–Kier alpha value is -2.95. The molecule has 3 rings (SSSR count). The summed E-state index contributed by atoms with van der Waals surface area (Å²) in [7, 11) is 1.82. The number of amides is 1. The third-order valence-electron chi connectivity index (χ3n) is 4.22. The molecule has 1 aromatic carbocycles. The molecule has 3 N–H and O–H groups in total. The van der Waals surface area contributed by atoms with Crippen LogP contribution in [-0.4, -0.2) is 23.8 Å². The highest BCUT2D eigenvalue weighted by Crippen LogP contribution is 2.30. The number of carbonyl (C=O) groups excluding carboxylic acids is 1. The van der Waals surface area contributed by atoms with Crippen LogP contribution in [-0.2, 0) is 4.79 Å². The van der Waals surface area contributed by atoms with Crippen LogP contribution in [0.2, 0.25) is 0 Å². The Morgan fingerprint density at radius 3 is 2.80 bits per heavy atom. The predicted octanol–water partition coefficient (Wildman–Crippen LogP) is 2.91. The van der Waals surface area contributed by atoms with Crippen LogP contribution in [0, 0.1) is 12.8 Å². The summed E-state index contributed by atoms with van der Waals surface area (Å²) in [6, 6.07) is 12.1. The fourth-order valence-corrected chi connectivity index (χ4v) is 2.67. The number of amidine groups is 1. The molecule has 1 aromatic heterocycles. The average Bonchev–Trinajstić information content (AvgIpc) is 3.45. The molecule has 1 aliphatic carbocycles. The van der Waals surface area contributed by atoms with Gasteiger partial charge in [-0.1, -0.05) is 24.3 Å². The van der Waals surface area contributed by atoms with E-state index < -0.39 is 0 Å². The van der Waals surface area contributed by atoms with Gasteiger partial charge in [-0.25, -0.2) is 0 Å². The molecule has 0 atom stereocenters. The number of aliphatic imine (C=N–C) groups is 1. The lowest BCUT2D eigenvalue weighted by molar-refractivity contribution is -0.118. The fraction of sp³-hybridized carbons (Fsp3) is 0.250. The van der Waals surface area contributed by atoms with Crippen molar-refractivity contribution < 1.29 is 4.79 Å². The first kappa shape index (κ1) is 16.9. The van der Waals surface area contributed by atoms with E-state index in [1.807, 2.05) is 38.2 Å². The summed E-state index contributed by atoms with van der Waals surface area (Å²) in [5.74, 6) is 0.176. The number of rotatable bonds is 5. The van der Waals surface area contributed by atoms with Gasteiger partial charge in [0.05, 0.1) is 0 Å². The van der Waals surface area contributed by atoms with Gasteiger partial charge in [0.2, 0.25) is 0 Å². The molecule has 5 nitrogen and oxygen atoms in total. The zero-order valence-corrected chi connectivity index (χ0v) is 14.5. The smallest absolute Gasteiger partial charge is 0.250 e. The van der Waals surface area contributed by atoms with Gasteiger partial charge in [0.1, 0.15) is 5.84 Å². The van der Waals surface area contributed by atoms with Crippen LogP contribution in [0.1, 0.15) is 24.1 Å². The Morgan fingerprint density at radius 2 is 2.12 bits per heavy atom. The van der Waals surface area contributed by atoms with E-state index in [4.69, 9.17) is 5.73 Å². The van der Waals surface area contributed by atoms with Crippen molar-refractivity contribution in [1.82, 2.24) is 10.3 Å². The van der Waals surface area contributed by atoms with Gasteiger partial charge in [-0.15, -0.1) is 0 Å². The van der Waals surface area contributed by atoms with Crippen molar-refractivity contribution >= 4 is 17.4 Å². The van der Waals surface area contributed by atoms with Gasteiger partial charge >= 0.3 is 0 Å². The van der Waals surface area contributed by atoms with E-state index in [2.05, 4.69) is 27.4 Å². The van der Waals surface area contributed by atoms with Crippen molar-refractivity contribution in [3.05, 3.63) is 59.9 Å². The standard InChI is InChI=1S/C20H22N4O/c1-13-17(7-4-10-23-13)15-5-3-6-16(11-15)18(22-2)12-19(21)24-20(25)14-8-9-14/h3-7,10-12,14,22H,8-9H2,1-2H3,(H2,21,24,25)/b18-12-. The molecule has 0 unspecified atom stereocenters. The van der Waals surface area contributed by atoms with Crippen molar-refractivity contribution in [3.8, 4) is 11.1 Å². The summed E-state index contributed by atoms with van der Waals surface area (Å²) in [6.45, 7) is 1.99. The van der Waals surface area contributed by atoms with Crippen LogP contribution in [0.25, 0.3) is 16.8 Å². The normalized spacial score (nSPS) is 15.1. The Labute approximate surface area is 147 Å². The number of carbonyl (C=O) groups is 1. The highest BCUT2D eigenvalue weighted by atomic mass is 16.1. The van der Waals surface area contributed by atoms with Crippen LogP contribution in [0.3, 0.4) is 0 Å². The first-order valence-corrected chi connectivity index (χ1v) is 8.38. The minimum absolute atomic E-state index is 0.0712. The number of aryl methyl sites for hydroxylation is 1. The summed E-state index contributed by atoms with van der Waals surface area (Å²) in [5.41, 5.74) is 10.9. The third kappa shape index (κ3) is 4.12. The molecule has 1 amide bonds. The number of nitrogens with one attached hydrogen (secondary N) is 1. The van der Waals surface area contributed by atoms with Crippen LogP contribution in [0.5, 0.6) is 0 Å². The molecule has 2 aromatic rings. The van der Waals surface area contributed by atoms with Gasteiger partial charge in [-0.3, -0.25) is 9.78 Å². The van der Waals surface area contributed by atoms with Crippen LogP contribution in [0.15, 0.2) is 53.7 Å². The van der Waals surface area contributed by atoms with E-state index in [0.717, 1.165) is 40.9 Å². The molecule has 128 valence electrons. The molecule has 25 heavy (non-hydrogen) atoms. The van der Waals surface area contributed by atoms with E-state index in [0.29, 0.717) is 0 Å². The lowest BCUT2D eigenvalue weighted by Gasteiger charge is -2.11. The van der Waals surface area contributed by atoms with E-state index in [-0.39, 0.29) is 17.7 Å². The van der Waals surface area contributed by atoms with Crippen LogP contribution >= 0.6 is 0 Å². The third-order valence-corrected chi connectivity index (χ3v) is 4.22.